The number of likely N-dealkylation sites (tertiary alicyclic amines) is 1. The van der Waals surface area contributed by atoms with E-state index in [0.29, 0.717) is 47.7 Å². The molecule has 0 spiro atoms. The number of rotatable bonds is 26. The van der Waals surface area contributed by atoms with Crippen LogP contribution in [0, 0.1) is 0 Å². The molecule has 6 rings (SSSR count). The molecule has 0 radical (unpaired) electrons. The van der Waals surface area contributed by atoms with E-state index in [1.54, 1.807) is 4.90 Å². The number of hydrogen-bond acceptors (Lipinski definition) is 8. The van der Waals surface area contributed by atoms with Crippen LogP contribution >= 0.6 is 11.6 Å². The first kappa shape index (κ1) is 54.4. The molecule has 1 aliphatic rings. The summed E-state index contributed by atoms with van der Waals surface area (Å²) in [6, 6.07) is 38.7. The Morgan fingerprint density at radius 1 is 0.786 bits per heavy atom. The number of nitrogens with one attached hydrogen (secondary N) is 2. The average molecular weight is 1010 g/mol. The molecule has 70 heavy (non-hydrogen) atoms. The third-order valence-electron chi connectivity index (χ3n) is 13.6. The van der Waals surface area contributed by atoms with Gasteiger partial charge in [-0.3, -0.25) is 9.62 Å². The largest absolute Gasteiger partial charge is 0.487 e. The molecule has 11 nitrogen and oxygen atoms in total. The molecule has 0 bridgehead atoms. The molecule has 5 aromatic carbocycles. The van der Waals surface area contributed by atoms with Gasteiger partial charge in [-0.05, 0) is 109 Å². The zero-order valence-electron chi connectivity index (χ0n) is 42.1. The fourth-order valence-corrected chi connectivity index (χ4v) is 10.7. The Balaban J connectivity index is 0.911. The van der Waals surface area contributed by atoms with Gasteiger partial charge >= 0.3 is 6.09 Å². The highest BCUT2D eigenvalue weighted by Gasteiger charge is 2.39. The maximum atomic E-state index is 12.9. The number of piperidine rings is 1. The Morgan fingerprint density at radius 2 is 1.36 bits per heavy atom. The van der Waals surface area contributed by atoms with Crippen molar-refractivity contribution < 1.29 is 32.2 Å². The molecule has 1 fully saturated rings. The number of para-hydroxylation sites is 1. The fraction of sp³-hybridized carbons (Fsp3) is 0.446. The molecule has 1 atom stereocenters. The van der Waals surface area contributed by atoms with Crippen molar-refractivity contribution in [2.75, 3.05) is 48.6 Å². The van der Waals surface area contributed by atoms with Gasteiger partial charge in [-0.15, -0.1) is 0 Å². The summed E-state index contributed by atoms with van der Waals surface area (Å²) in [5.74, 6) is 1.05. The van der Waals surface area contributed by atoms with Crippen LogP contribution in [0.2, 0.25) is 23.2 Å². The van der Waals surface area contributed by atoms with Gasteiger partial charge in [-0.25, -0.2) is 13.2 Å². The summed E-state index contributed by atoms with van der Waals surface area (Å²) in [6.07, 6.45) is 9.64. The van der Waals surface area contributed by atoms with E-state index < -0.39 is 24.4 Å². The van der Waals surface area contributed by atoms with Crippen LogP contribution in [0.25, 0.3) is 11.1 Å². The molecule has 1 saturated heterocycles. The van der Waals surface area contributed by atoms with Gasteiger partial charge in [0.2, 0.25) is 10.0 Å². The maximum Gasteiger partial charge on any atom is 0.412 e. The lowest BCUT2D eigenvalue weighted by atomic mass is 9.98. The SMILES string of the molecule is CC(C)(C)[Si](C)(C)O[C@H](CNCCCCCCCCCN1CCC(N(C(=O)O)c2ccccc2-c2ccc(OCc3ccccc3)c(Cl)c2)CC1)c1ccc(OCc2ccccc2)c(NS(C)(=O)=O)c1. The minimum atomic E-state index is -3.56. The molecule has 3 N–H and O–H groups in total. The number of hydrogen-bond donors (Lipinski definition) is 3. The Kier molecular flexibility index (Phi) is 20.2. The summed E-state index contributed by atoms with van der Waals surface area (Å²) in [7, 11) is -5.75. The van der Waals surface area contributed by atoms with Crippen LogP contribution in [-0.2, 0) is 27.7 Å². The van der Waals surface area contributed by atoms with Crippen molar-refractivity contribution in [3.63, 3.8) is 0 Å². The number of anilines is 2. The van der Waals surface area contributed by atoms with E-state index in [-0.39, 0.29) is 17.2 Å². The number of sulfonamides is 1. The van der Waals surface area contributed by atoms with Crippen LogP contribution in [0.15, 0.2) is 121 Å². The third-order valence-corrected chi connectivity index (χ3v) is 19.0. The van der Waals surface area contributed by atoms with E-state index in [1.165, 1.54) is 25.7 Å². The lowest BCUT2D eigenvalue weighted by Crippen LogP contribution is -2.47. The second-order valence-corrected chi connectivity index (χ2v) is 27.0. The van der Waals surface area contributed by atoms with E-state index in [9.17, 15) is 18.3 Å². The first-order valence-corrected chi connectivity index (χ1v) is 30.1. The van der Waals surface area contributed by atoms with E-state index in [4.69, 9.17) is 25.5 Å². The number of unbranched alkanes of at least 4 members (excludes halogenated alkanes) is 6. The summed E-state index contributed by atoms with van der Waals surface area (Å²) in [4.78, 5) is 16.9. The van der Waals surface area contributed by atoms with Crippen molar-refractivity contribution in [1.29, 1.82) is 0 Å². The zero-order chi connectivity index (χ0) is 50.2. The molecule has 0 aromatic heterocycles. The minimum Gasteiger partial charge on any atom is -0.487 e. The van der Waals surface area contributed by atoms with Crippen molar-refractivity contribution in [2.45, 2.75) is 122 Å². The number of nitrogens with zero attached hydrogens (tertiary/aromatic N) is 2. The first-order chi connectivity index (χ1) is 33.5. The molecule has 14 heteroatoms. The van der Waals surface area contributed by atoms with Gasteiger partial charge in [-0.2, -0.15) is 0 Å². The number of ether oxygens (including phenoxy) is 2. The number of amides is 1. The molecule has 1 heterocycles. The number of carbonyl (C=O) groups is 1. The van der Waals surface area contributed by atoms with E-state index >= 15 is 0 Å². The lowest BCUT2D eigenvalue weighted by Gasteiger charge is -2.39. The van der Waals surface area contributed by atoms with Gasteiger partial charge in [0.1, 0.15) is 24.7 Å². The monoisotopic (exact) mass is 1010 g/mol. The highest BCUT2D eigenvalue weighted by Crippen LogP contribution is 2.41. The fourth-order valence-electron chi connectivity index (χ4n) is 8.66. The minimum absolute atomic E-state index is 0.00229. The van der Waals surface area contributed by atoms with E-state index in [1.807, 2.05) is 121 Å². The van der Waals surface area contributed by atoms with Crippen LogP contribution in [0.4, 0.5) is 16.2 Å². The van der Waals surface area contributed by atoms with Crippen molar-refractivity contribution in [2.24, 2.45) is 0 Å². The number of benzene rings is 5. The van der Waals surface area contributed by atoms with Crippen LogP contribution in [0.1, 0.15) is 101 Å². The topological polar surface area (TPSA) is 130 Å². The zero-order valence-corrected chi connectivity index (χ0v) is 44.7. The number of carboxylic acid groups (broad SMARTS) is 1. The van der Waals surface area contributed by atoms with Crippen molar-refractivity contribution in [3.05, 3.63) is 143 Å². The summed E-state index contributed by atoms with van der Waals surface area (Å²) in [5.41, 5.74) is 5.69. The predicted octanol–water partition coefficient (Wildman–Crippen LogP) is 13.6. The van der Waals surface area contributed by atoms with Crippen LogP contribution in [-0.4, -0.2) is 77.9 Å². The average Bonchev–Trinajstić information content (AvgIpc) is 3.32. The first-order valence-electron chi connectivity index (χ1n) is 24.9. The quantitative estimate of drug-likeness (QED) is 0.0366. The van der Waals surface area contributed by atoms with E-state index in [0.717, 1.165) is 92.4 Å². The van der Waals surface area contributed by atoms with Crippen molar-refractivity contribution in [1.82, 2.24) is 10.2 Å². The maximum absolute atomic E-state index is 12.9. The Morgan fingerprint density at radius 3 is 1.96 bits per heavy atom. The van der Waals surface area contributed by atoms with Crippen molar-refractivity contribution >= 4 is 47.4 Å². The van der Waals surface area contributed by atoms with Gasteiger partial charge in [-0.1, -0.05) is 155 Å². The van der Waals surface area contributed by atoms with E-state index in [2.05, 4.69) is 48.8 Å². The second-order valence-electron chi connectivity index (χ2n) is 20.1. The van der Waals surface area contributed by atoms with Gasteiger partial charge in [0, 0.05) is 31.2 Å². The Hall–Kier alpha value is -4.89. The molecule has 5 aromatic rings. The summed E-state index contributed by atoms with van der Waals surface area (Å²) in [5, 5.41) is 14.7. The van der Waals surface area contributed by atoms with Crippen molar-refractivity contribution in [3.8, 4) is 22.6 Å². The molecule has 0 unspecified atom stereocenters. The van der Waals surface area contributed by atoms with Gasteiger partial charge in [0.25, 0.3) is 0 Å². The molecule has 0 aliphatic carbocycles. The van der Waals surface area contributed by atoms with Gasteiger partial charge < -0.3 is 29.2 Å². The van der Waals surface area contributed by atoms with Gasteiger partial charge in [0.15, 0.2) is 8.32 Å². The molecular formula is C56H75ClN4O7SSi. The molecule has 0 saturated carbocycles. The van der Waals surface area contributed by atoms with Crippen LogP contribution in [0.3, 0.4) is 0 Å². The third kappa shape index (κ3) is 16.6. The van der Waals surface area contributed by atoms with Crippen LogP contribution < -0.4 is 24.4 Å². The van der Waals surface area contributed by atoms with Gasteiger partial charge in [0.05, 0.1) is 28.8 Å². The molecule has 1 aliphatic heterocycles. The summed E-state index contributed by atoms with van der Waals surface area (Å²) in [6.45, 7) is 16.2. The number of halogens is 1. The van der Waals surface area contributed by atoms with Crippen LogP contribution in [0.5, 0.6) is 11.5 Å². The molecular weight excluding hydrogens is 936 g/mol. The normalized spacial score (nSPS) is 14.3. The predicted molar refractivity (Wildman–Crippen MR) is 290 cm³/mol. The Bertz CT molecular complexity index is 2520. The lowest BCUT2D eigenvalue weighted by molar-refractivity contribution is 0.179. The summed E-state index contributed by atoms with van der Waals surface area (Å²) >= 11 is 6.71. The standard InChI is InChI=1S/C56H75ClN4O7SSi/c1-56(2,3)70(5,6)68-54(46-29-31-53(50(39-46)59-69(4,64)65)67-42-44-24-16-13-17-25-44)40-58-34-20-10-8-7-9-11-21-35-60-36-32-47(33-37-60)61(55(62)63)51-27-19-18-26-48(51)45-28-30-52(49(57)38-45)66-41-43-22-14-12-15-23-43/h12-19,22-31,38-39,47,54,58-59H,7-11,20-21,32-37,40-42H2,1-6H3,(H,62,63)/t54-/m1/s1. The summed E-state index contributed by atoms with van der Waals surface area (Å²) < 4.78 is 46.7. The molecule has 1 amide bonds. The highest BCUT2D eigenvalue weighted by molar-refractivity contribution is 7.92. The smallest absolute Gasteiger partial charge is 0.412 e. The highest BCUT2D eigenvalue weighted by atomic mass is 35.5. The molecule has 378 valence electrons. The Labute approximate surface area is 424 Å². The second kappa shape index (κ2) is 26.0.